The molecule has 2 N–H and O–H groups in total. The molecule has 4 rings (SSSR count). The van der Waals surface area contributed by atoms with Crippen LogP contribution >= 0.6 is 0 Å². The number of hydrogen-bond donors (Lipinski definition) is 2. The molecule has 1 heterocycles. The standard InChI is InChI=1S/C22H26N2O2/c1-15-21-14-18(9-6-16(21)12-13-23-15)24-22(25)17-7-10-20(11-8-17)26-19-4-2-3-5-19/h6-11,14-15,19,23H,2-5,12-13H2,1H3,(H,24,25). The Morgan fingerprint density at radius 1 is 1.12 bits per heavy atom. The van der Waals surface area contributed by atoms with Crippen molar-refractivity contribution in [1.82, 2.24) is 5.32 Å². The summed E-state index contributed by atoms with van der Waals surface area (Å²) in [7, 11) is 0. The molecule has 1 atom stereocenters. The third kappa shape index (κ3) is 3.75. The first-order chi connectivity index (χ1) is 12.7. The van der Waals surface area contributed by atoms with E-state index in [-0.39, 0.29) is 5.91 Å². The van der Waals surface area contributed by atoms with Gasteiger partial charge >= 0.3 is 0 Å². The van der Waals surface area contributed by atoms with Gasteiger partial charge in [-0.15, -0.1) is 0 Å². The van der Waals surface area contributed by atoms with Crippen LogP contribution in [-0.2, 0) is 6.42 Å². The summed E-state index contributed by atoms with van der Waals surface area (Å²) in [5, 5.41) is 6.47. The highest BCUT2D eigenvalue weighted by Crippen LogP contribution is 2.27. The van der Waals surface area contributed by atoms with Gasteiger partial charge in [-0.1, -0.05) is 6.07 Å². The fraction of sp³-hybridized carbons (Fsp3) is 0.409. The van der Waals surface area contributed by atoms with Gasteiger partial charge in [0.15, 0.2) is 0 Å². The van der Waals surface area contributed by atoms with Gasteiger partial charge in [0.05, 0.1) is 6.10 Å². The van der Waals surface area contributed by atoms with Crippen molar-refractivity contribution in [2.75, 3.05) is 11.9 Å². The molecule has 2 aromatic rings. The van der Waals surface area contributed by atoms with Crippen LogP contribution in [0.25, 0.3) is 0 Å². The zero-order valence-electron chi connectivity index (χ0n) is 15.3. The molecule has 4 heteroatoms. The molecular formula is C22H26N2O2. The second kappa shape index (κ2) is 7.50. The molecule has 0 spiro atoms. The van der Waals surface area contributed by atoms with Gasteiger partial charge in [0.2, 0.25) is 0 Å². The van der Waals surface area contributed by atoms with Crippen LogP contribution in [0.15, 0.2) is 42.5 Å². The molecule has 0 aromatic heterocycles. The summed E-state index contributed by atoms with van der Waals surface area (Å²) in [5.41, 5.74) is 4.13. The average molecular weight is 350 g/mol. The molecule has 1 saturated carbocycles. The molecule has 1 aliphatic carbocycles. The fourth-order valence-electron chi connectivity index (χ4n) is 3.92. The van der Waals surface area contributed by atoms with Crippen LogP contribution in [0.3, 0.4) is 0 Å². The van der Waals surface area contributed by atoms with Crippen molar-refractivity contribution in [1.29, 1.82) is 0 Å². The quantitative estimate of drug-likeness (QED) is 0.855. The molecule has 0 radical (unpaired) electrons. The van der Waals surface area contributed by atoms with Gasteiger partial charge < -0.3 is 15.4 Å². The summed E-state index contributed by atoms with van der Waals surface area (Å²) in [4.78, 5) is 12.6. The van der Waals surface area contributed by atoms with Gasteiger partial charge in [-0.3, -0.25) is 4.79 Å². The first-order valence-electron chi connectivity index (χ1n) is 9.63. The van der Waals surface area contributed by atoms with Crippen molar-refractivity contribution in [3.8, 4) is 5.75 Å². The van der Waals surface area contributed by atoms with Gasteiger partial charge in [0, 0.05) is 17.3 Å². The molecule has 2 aliphatic rings. The lowest BCUT2D eigenvalue weighted by Crippen LogP contribution is -2.27. The Bertz CT molecular complexity index is 779. The number of ether oxygens (including phenoxy) is 1. The monoisotopic (exact) mass is 350 g/mol. The second-order valence-corrected chi connectivity index (χ2v) is 7.34. The Morgan fingerprint density at radius 3 is 2.65 bits per heavy atom. The summed E-state index contributed by atoms with van der Waals surface area (Å²) in [6.45, 7) is 3.17. The molecule has 0 bridgehead atoms. The molecule has 1 fully saturated rings. The smallest absolute Gasteiger partial charge is 0.255 e. The van der Waals surface area contributed by atoms with Crippen LogP contribution in [0.4, 0.5) is 5.69 Å². The van der Waals surface area contributed by atoms with Crippen LogP contribution in [0.2, 0.25) is 0 Å². The Hall–Kier alpha value is -2.33. The lowest BCUT2D eigenvalue weighted by Gasteiger charge is -2.24. The van der Waals surface area contributed by atoms with Crippen molar-refractivity contribution < 1.29 is 9.53 Å². The van der Waals surface area contributed by atoms with E-state index in [4.69, 9.17) is 4.74 Å². The first kappa shape index (κ1) is 17.1. The van der Waals surface area contributed by atoms with E-state index in [0.29, 0.717) is 17.7 Å². The Morgan fingerprint density at radius 2 is 1.88 bits per heavy atom. The highest BCUT2D eigenvalue weighted by molar-refractivity contribution is 6.04. The van der Waals surface area contributed by atoms with Crippen LogP contribution in [0.1, 0.15) is 60.1 Å². The predicted octanol–water partition coefficient (Wildman–Crippen LogP) is 4.47. The summed E-state index contributed by atoms with van der Waals surface area (Å²) in [5.74, 6) is 0.760. The van der Waals surface area contributed by atoms with Gasteiger partial charge in [-0.05, 0) is 93.1 Å². The van der Waals surface area contributed by atoms with E-state index < -0.39 is 0 Å². The van der Waals surface area contributed by atoms with E-state index in [0.717, 1.165) is 37.2 Å². The lowest BCUT2D eigenvalue weighted by molar-refractivity contribution is 0.102. The Kier molecular flexibility index (Phi) is 4.93. The van der Waals surface area contributed by atoms with Crippen molar-refractivity contribution in [2.45, 2.75) is 51.2 Å². The van der Waals surface area contributed by atoms with E-state index in [2.05, 4.69) is 29.7 Å². The average Bonchev–Trinajstić information content (AvgIpc) is 3.16. The highest BCUT2D eigenvalue weighted by atomic mass is 16.5. The molecule has 1 aliphatic heterocycles. The highest BCUT2D eigenvalue weighted by Gasteiger charge is 2.18. The molecule has 136 valence electrons. The number of amides is 1. The van der Waals surface area contributed by atoms with Crippen LogP contribution in [0, 0.1) is 0 Å². The van der Waals surface area contributed by atoms with Crippen molar-refractivity contribution >= 4 is 11.6 Å². The number of fused-ring (bicyclic) bond motifs is 1. The van der Waals surface area contributed by atoms with E-state index in [9.17, 15) is 4.79 Å². The molecule has 26 heavy (non-hydrogen) atoms. The lowest BCUT2D eigenvalue weighted by atomic mass is 9.95. The topological polar surface area (TPSA) is 50.4 Å². The third-order valence-corrected chi connectivity index (χ3v) is 5.44. The summed E-state index contributed by atoms with van der Waals surface area (Å²) >= 11 is 0. The molecule has 0 saturated heterocycles. The van der Waals surface area contributed by atoms with Crippen molar-refractivity contribution in [3.05, 3.63) is 59.2 Å². The van der Waals surface area contributed by atoms with Crippen LogP contribution in [-0.4, -0.2) is 18.6 Å². The minimum Gasteiger partial charge on any atom is -0.490 e. The number of rotatable bonds is 4. The maximum absolute atomic E-state index is 12.6. The number of benzene rings is 2. The predicted molar refractivity (Wildman–Crippen MR) is 104 cm³/mol. The Labute approximate surface area is 155 Å². The van der Waals surface area contributed by atoms with E-state index >= 15 is 0 Å². The van der Waals surface area contributed by atoms with Gasteiger partial charge in [-0.25, -0.2) is 0 Å². The SMILES string of the molecule is CC1NCCc2ccc(NC(=O)c3ccc(OC4CCCC4)cc3)cc21. The maximum Gasteiger partial charge on any atom is 0.255 e. The summed E-state index contributed by atoms with van der Waals surface area (Å²) in [6.07, 6.45) is 6.14. The molecule has 1 amide bonds. The molecule has 2 aromatic carbocycles. The summed E-state index contributed by atoms with van der Waals surface area (Å²) in [6, 6.07) is 14.0. The van der Waals surface area contributed by atoms with Gasteiger partial charge in [0.1, 0.15) is 5.75 Å². The fourth-order valence-corrected chi connectivity index (χ4v) is 3.92. The van der Waals surface area contributed by atoms with Crippen LogP contribution < -0.4 is 15.4 Å². The zero-order chi connectivity index (χ0) is 17.9. The minimum absolute atomic E-state index is 0.0891. The third-order valence-electron chi connectivity index (χ3n) is 5.44. The van der Waals surface area contributed by atoms with Crippen molar-refractivity contribution in [2.24, 2.45) is 0 Å². The molecule has 1 unspecified atom stereocenters. The largest absolute Gasteiger partial charge is 0.490 e. The van der Waals surface area contributed by atoms with Crippen molar-refractivity contribution in [3.63, 3.8) is 0 Å². The number of nitrogens with one attached hydrogen (secondary N) is 2. The summed E-state index contributed by atoms with van der Waals surface area (Å²) < 4.78 is 5.96. The van der Waals surface area contributed by atoms with Gasteiger partial charge in [-0.2, -0.15) is 0 Å². The minimum atomic E-state index is -0.0891. The zero-order valence-corrected chi connectivity index (χ0v) is 15.3. The van der Waals surface area contributed by atoms with E-state index in [1.807, 2.05) is 30.3 Å². The van der Waals surface area contributed by atoms with E-state index in [1.165, 1.54) is 24.0 Å². The van der Waals surface area contributed by atoms with Crippen LogP contribution in [0.5, 0.6) is 5.75 Å². The molecular weight excluding hydrogens is 324 g/mol. The second-order valence-electron chi connectivity index (χ2n) is 7.34. The van der Waals surface area contributed by atoms with E-state index in [1.54, 1.807) is 0 Å². The Balaban J connectivity index is 1.42. The van der Waals surface area contributed by atoms with Gasteiger partial charge in [0.25, 0.3) is 5.91 Å². The number of carbonyl (C=O) groups excluding carboxylic acids is 1. The first-order valence-corrected chi connectivity index (χ1v) is 9.63. The maximum atomic E-state index is 12.6. The number of anilines is 1. The molecule has 4 nitrogen and oxygen atoms in total. The normalized spacial score (nSPS) is 19.8. The number of carbonyl (C=O) groups is 1. The number of hydrogen-bond acceptors (Lipinski definition) is 3.